The molecule has 0 spiro atoms. The number of ketones is 3. The van der Waals surface area contributed by atoms with E-state index in [1.54, 1.807) is 0 Å². The number of nitrogens with one attached hydrogen (secondary N) is 3. The second-order valence-corrected chi connectivity index (χ2v) is 22.2. The van der Waals surface area contributed by atoms with Gasteiger partial charge in [-0.05, 0) is 52.4 Å². The Bertz CT molecular complexity index is 2020. The van der Waals surface area contributed by atoms with Crippen molar-refractivity contribution >= 4 is 35.1 Å². The minimum absolute atomic E-state index is 0.00385. The van der Waals surface area contributed by atoms with Crippen LogP contribution >= 0.6 is 0 Å². The number of nitrogens with zero attached hydrogens (tertiary/aromatic N) is 1. The molecule has 0 unspecified atom stereocenters. The summed E-state index contributed by atoms with van der Waals surface area (Å²) in [6, 6.07) is 0. The van der Waals surface area contributed by atoms with Crippen LogP contribution in [0.15, 0.2) is 0 Å². The standard InChI is InChI=1S/C55H96N4O27/c1-3-56-37(65)17-10-6-4-8-14-31(62)24-59(25-32(63)15-9-5-7-11-18-38(66)57-20-22-79-52-47(75)44(72)40(68)30(2)82-52)26-33(64)16-12-13-19-39(67)58-21-23-80-54-50(78)51(86-55-49(77)46(74)42(70)35(28-61)84-55)43(71)36(85-54)29-81-53-48(76)45(73)41(69)34(27-60)83-53/h30,34-36,40-55,60-61,68-78H,3-29H2,1-2H3,(H,56,65)(H,57,66)(H,58,67)/t30-,34+,35+,36+,40+,41+,42+,43+,44+,45-,46-,47-,48-,49-,50-,51-,52+,53-,54-,55+/m0/s1. The summed E-state index contributed by atoms with van der Waals surface area (Å²) in [6.07, 6.45) is -25.2. The van der Waals surface area contributed by atoms with Gasteiger partial charge in [0.05, 0.1) is 58.8 Å². The molecule has 3 amide bonds. The molecule has 4 aliphatic heterocycles. The van der Waals surface area contributed by atoms with Crippen molar-refractivity contribution in [2.24, 2.45) is 0 Å². The highest BCUT2D eigenvalue weighted by molar-refractivity contribution is 5.86. The number of rotatable bonds is 41. The fourth-order valence-corrected chi connectivity index (χ4v) is 10.1. The van der Waals surface area contributed by atoms with Gasteiger partial charge < -0.3 is 120 Å². The Morgan fingerprint density at radius 1 is 0.407 bits per heavy atom. The van der Waals surface area contributed by atoms with Crippen molar-refractivity contribution in [1.29, 1.82) is 0 Å². The summed E-state index contributed by atoms with van der Waals surface area (Å²) in [6.45, 7) is 0.880. The van der Waals surface area contributed by atoms with Gasteiger partial charge in [-0.15, -0.1) is 0 Å². The van der Waals surface area contributed by atoms with Gasteiger partial charge in [-0.25, -0.2) is 0 Å². The Hall–Kier alpha value is -3.46. The lowest BCUT2D eigenvalue weighted by molar-refractivity contribution is -0.366. The van der Waals surface area contributed by atoms with Crippen LogP contribution in [0.3, 0.4) is 0 Å². The lowest BCUT2D eigenvalue weighted by Crippen LogP contribution is -2.65. The molecule has 4 aliphatic rings. The van der Waals surface area contributed by atoms with Crippen LogP contribution in [0.1, 0.15) is 117 Å². The molecule has 4 fully saturated rings. The molecule has 0 aromatic rings. The first-order valence-electron chi connectivity index (χ1n) is 29.9. The highest BCUT2D eigenvalue weighted by atomic mass is 16.8. The third-order valence-electron chi connectivity index (χ3n) is 15.2. The van der Waals surface area contributed by atoms with Crippen LogP contribution in [0.2, 0.25) is 0 Å². The fraction of sp³-hybridized carbons (Fsp3) is 0.891. The summed E-state index contributed by atoms with van der Waals surface area (Å²) in [5.74, 6) is -1.24. The van der Waals surface area contributed by atoms with Gasteiger partial charge in [0.2, 0.25) is 17.7 Å². The number of unbranched alkanes of at least 4 members (excludes halogenated alkanes) is 7. The lowest BCUT2D eigenvalue weighted by atomic mass is 9.96. The van der Waals surface area contributed by atoms with Crippen LogP contribution < -0.4 is 16.0 Å². The zero-order valence-corrected chi connectivity index (χ0v) is 49.1. The predicted molar refractivity (Wildman–Crippen MR) is 293 cm³/mol. The van der Waals surface area contributed by atoms with Gasteiger partial charge in [0.15, 0.2) is 25.2 Å². The molecular weight excluding hydrogens is 1150 g/mol. The summed E-state index contributed by atoms with van der Waals surface area (Å²) in [5.41, 5.74) is 0. The van der Waals surface area contributed by atoms with Gasteiger partial charge in [0.25, 0.3) is 0 Å². The van der Waals surface area contributed by atoms with Crippen LogP contribution in [0.25, 0.3) is 0 Å². The number of Topliss-reactive ketones (excluding diaryl/α,β-unsaturated/α-hetero) is 3. The molecule has 4 heterocycles. The van der Waals surface area contributed by atoms with E-state index in [0.29, 0.717) is 57.9 Å². The first-order valence-corrected chi connectivity index (χ1v) is 29.9. The van der Waals surface area contributed by atoms with Crippen LogP contribution in [0.4, 0.5) is 0 Å². The van der Waals surface area contributed by atoms with E-state index >= 15 is 0 Å². The van der Waals surface area contributed by atoms with Gasteiger partial charge in [-0.3, -0.25) is 33.7 Å². The molecule has 0 aromatic heterocycles. The third kappa shape index (κ3) is 24.7. The van der Waals surface area contributed by atoms with Gasteiger partial charge >= 0.3 is 0 Å². The Balaban J connectivity index is 1.21. The Labute approximate surface area is 499 Å². The Kier molecular flexibility index (Phi) is 34.6. The first kappa shape index (κ1) is 75.0. The van der Waals surface area contributed by atoms with Crippen LogP contribution in [0.5, 0.6) is 0 Å². The van der Waals surface area contributed by atoms with E-state index in [1.807, 2.05) is 6.92 Å². The molecule has 0 aromatic carbocycles. The Morgan fingerprint density at radius 3 is 1.24 bits per heavy atom. The van der Waals surface area contributed by atoms with Crippen molar-refractivity contribution in [3.63, 3.8) is 0 Å². The van der Waals surface area contributed by atoms with Crippen molar-refractivity contribution < 1.29 is 133 Å². The molecule has 86 heavy (non-hydrogen) atoms. The third-order valence-corrected chi connectivity index (χ3v) is 15.2. The van der Waals surface area contributed by atoms with E-state index in [9.17, 15) is 95.2 Å². The summed E-state index contributed by atoms with van der Waals surface area (Å²) < 4.78 is 44.3. The van der Waals surface area contributed by atoms with Crippen molar-refractivity contribution in [2.75, 3.05) is 72.3 Å². The van der Waals surface area contributed by atoms with E-state index in [-0.39, 0.29) is 114 Å². The number of ether oxygens (including phenoxy) is 8. The minimum atomic E-state index is -1.95. The molecule has 0 saturated carbocycles. The normalized spacial score (nSPS) is 33.1. The molecule has 16 N–H and O–H groups in total. The van der Waals surface area contributed by atoms with Crippen LogP contribution in [0, 0.1) is 0 Å². The molecule has 0 bridgehead atoms. The number of carbonyl (C=O) groups excluding carboxylic acids is 6. The smallest absolute Gasteiger partial charge is 0.220 e. The zero-order valence-electron chi connectivity index (χ0n) is 49.1. The van der Waals surface area contributed by atoms with Crippen molar-refractivity contribution in [3.05, 3.63) is 0 Å². The van der Waals surface area contributed by atoms with E-state index < -0.39 is 149 Å². The number of hydrogen-bond acceptors (Lipinski definition) is 28. The van der Waals surface area contributed by atoms with Crippen molar-refractivity contribution in [2.45, 2.75) is 239 Å². The highest BCUT2D eigenvalue weighted by Crippen LogP contribution is 2.31. The summed E-state index contributed by atoms with van der Waals surface area (Å²) in [4.78, 5) is 78.1. The number of hydrogen-bond donors (Lipinski definition) is 16. The first-order chi connectivity index (χ1) is 41.0. The number of aliphatic hydroxyl groups excluding tert-OH is 13. The van der Waals surface area contributed by atoms with Crippen LogP contribution in [-0.2, 0) is 66.7 Å². The number of carbonyl (C=O) groups is 6. The van der Waals surface area contributed by atoms with Crippen molar-refractivity contribution in [3.8, 4) is 0 Å². The Morgan fingerprint density at radius 2 is 0.779 bits per heavy atom. The SMILES string of the molecule is CCNC(=O)CCCCCCC(=O)CN(CC(=O)CCCCCCC(=O)NCCO[C@@H]1O[C@@H](C)[C@@H](O)[C@@H](O)[C@@H]1O)CC(=O)CCCCC(=O)NCCO[C@H]1O[C@H](CO[C@H]2O[C@H](CO)[C@@H](O)[C@H](O)[C@@H]2O)[C@@H](O)[C@H](O[C@H]2O[C@H](CO)[C@@H](O)[C@H](O)[C@@H]2O)[C@@H]1O. The molecule has 31 nitrogen and oxygen atoms in total. The maximum atomic E-state index is 13.3. The largest absolute Gasteiger partial charge is 0.394 e. The average molecular weight is 1250 g/mol. The molecule has 498 valence electrons. The predicted octanol–water partition coefficient (Wildman–Crippen LogP) is -6.09. The van der Waals surface area contributed by atoms with Gasteiger partial charge in [0, 0.05) is 58.2 Å². The zero-order chi connectivity index (χ0) is 63.5. The minimum Gasteiger partial charge on any atom is -0.394 e. The maximum absolute atomic E-state index is 13.3. The molecule has 0 radical (unpaired) electrons. The number of amides is 3. The molecule has 0 aliphatic carbocycles. The number of aliphatic hydroxyl groups is 13. The highest BCUT2D eigenvalue weighted by Gasteiger charge is 2.52. The molecular formula is C55H96N4O27. The summed E-state index contributed by atoms with van der Waals surface area (Å²) in [5, 5.41) is 142. The summed E-state index contributed by atoms with van der Waals surface area (Å²) >= 11 is 0. The van der Waals surface area contributed by atoms with E-state index in [1.165, 1.54) is 11.8 Å². The van der Waals surface area contributed by atoms with Gasteiger partial charge in [-0.1, -0.05) is 25.7 Å². The monoisotopic (exact) mass is 1240 g/mol. The molecule has 4 saturated heterocycles. The maximum Gasteiger partial charge on any atom is 0.220 e. The van der Waals surface area contributed by atoms with Crippen LogP contribution in [-0.4, -0.2) is 301 Å². The topological polar surface area (TPSA) is 479 Å². The molecule has 20 atom stereocenters. The molecule has 4 rings (SSSR count). The van der Waals surface area contributed by atoms with Gasteiger partial charge in [-0.2, -0.15) is 0 Å². The average Bonchev–Trinajstić information content (AvgIpc) is 2.62. The van der Waals surface area contributed by atoms with Crippen molar-refractivity contribution in [1.82, 2.24) is 20.9 Å². The second kappa shape index (κ2) is 39.6. The van der Waals surface area contributed by atoms with E-state index in [0.717, 1.165) is 12.8 Å². The lowest BCUT2D eigenvalue weighted by Gasteiger charge is -2.46. The second-order valence-electron chi connectivity index (χ2n) is 22.2. The van der Waals surface area contributed by atoms with E-state index in [2.05, 4.69) is 16.0 Å². The fourth-order valence-electron chi connectivity index (χ4n) is 10.1. The van der Waals surface area contributed by atoms with Gasteiger partial charge in [0.1, 0.15) is 109 Å². The summed E-state index contributed by atoms with van der Waals surface area (Å²) in [7, 11) is 0. The quantitative estimate of drug-likeness (QED) is 0.0253. The van der Waals surface area contributed by atoms with E-state index in [4.69, 9.17) is 37.9 Å². The molecule has 31 heteroatoms.